The Kier molecular flexibility index (Phi) is 2.89. The highest BCUT2D eigenvalue weighted by Crippen LogP contribution is 2.08. The van der Waals surface area contributed by atoms with E-state index < -0.39 is 10.9 Å². The van der Waals surface area contributed by atoms with Gasteiger partial charge in [0.05, 0.1) is 0 Å². The Balaban J connectivity index is 1.94. The fraction of sp³-hybridized carbons (Fsp3) is 0. The second-order valence-electron chi connectivity index (χ2n) is 2.72. The van der Waals surface area contributed by atoms with Gasteiger partial charge in [-0.25, -0.2) is 4.79 Å². The number of nitrogens with zero attached hydrogens (tertiary/aromatic N) is 2. The van der Waals surface area contributed by atoms with Crippen LogP contribution < -0.4 is 10.0 Å². The highest BCUT2D eigenvalue weighted by Gasteiger charge is 2.10. The standard InChI is InChI=1S/C9H8N4OS/c14-9(12-15-7-6-10-13-15)11-8-4-2-1-3-5-8/h1-7H,(H,11,14)/p+1. The zero-order valence-corrected chi connectivity index (χ0v) is 8.57. The van der Waals surface area contributed by atoms with Crippen molar-refractivity contribution in [2.75, 3.05) is 10.0 Å². The van der Waals surface area contributed by atoms with Gasteiger partial charge in [-0.2, -0.15) is 0 Å². The smallest absolute Gasteiger partial charge is 0.304 e. The van der Waals surface area contributed by atoms with Gasteiger partial charge in [-0.1, -0.05) is 18.2 Å². The van der Waals surface area contributed by atoms with Crippen molar-refractivity contribution >= 4 is 22.6 Å². The largest absolute Gasteiger partial charge is 0.366 e. The molecule has 2 rings (SSSR count). The average Bonchev–Trinajstić information content (AvgIpc) is 2.71. The molecule has 2 amide bonds. The lowest BCUT2D eigenvalue weighted by atomic mass is 10.3. The molecule has 0 aliphatic carbocycles. The number of urea groups is 1. The maximum absolute atomic E-state index is 11.4. The number of hydrogen-bond donors (Lipinski definition) is 2. The first-order valence-electron chi connectivity index (χ1n) is 4.28. The van der Waals surface area contributed by atoms with Gasteiger partial charge in [0.1, 0.15) is 10.7 Å². The fourth-order valence-corrected chi connectivity index (χ4v) is 1.75. The van der Waals surface area contributed by atoms with Crippen molar-refractivity contribution < 1.29 is 4.79 Å². The number of para-hydroxylation sites is 1. The normalized spacial score (nSPS) is 10.8. The first kappa shape index (κ1) is 9.60. The predicted molar refractivity (Wildman–Crippen MR) is 59.3 cm³/mol. The number of amides is 2. The maximum atomic E-state index is 11.4. The summed E-state index contributed by atoms with van der Waals surface area (Å²) in [6.45, 7) is 0. The van der Waals surface area contributed by atoms with Gasteiger partial charge in [0.2, 0.25) is 16.2 Å². The summed E-state index contributed by atoms with van der Waals surface area (Å²) >= 11 is 0. The zero-order valence-electron chi connectivity index (χ0n) is 7.75. The van der Waals surface area contributed by atoms with Crippen LogP contribution in [0.4, 0.5) is 10.5 Å². The second kappa shape index (κ2) is 4.52. The van der Waals surface area contributed by atoms with Crippen LogP contribution in [0.25, 0.3) is 0 Å². The summed E-state index contributed by atoms with van der Waals surface area (Å²) in [5, 5.41) is 8.06. The summed E-state index contributed by atoms with van der Waals surface area (Å²) in [6.07, 6.45) is 1.56. The first-order chi connectivity index (χ1) is 7.34. The van der Waals surface area contributed by atoms with E-state index in [-0.39, 0.29) is 6.03 Å². The van der Waals surface area contributed by atoms with Crippen LogP contribution >= 0.6 is 10.9 Å². The van der Waals surface area contributed by atoms with E-state index in [2.05, 4.69) is 19.6 Å². The van der Waals surface area contributed by atoms with Crippen molar-refractivity contribution in [2.24, 2.45) is 0 Å². The number of hydrogen-bond acceptors (Lipinski definition) is 3. The van der Waals surface area contributed by atoms with Gasteiger partial charge in [-0.15, -0.1) is 9.82 Å². The molecule has 0 radical (unpaired) electrons. The second-order valence-corrected chi connectivity index (χ2v) is 3.99. The summed E-state index contributed by atoms with van der Waals surface area (Å²) < 4.78 is 6.44. The molecule has 2 N–H and O–H groups in total. The Morgan fingerprint density at radius 2 is 2.07 bits per heavy atom. The number of rotatable bonds is 2. The zero-order chi connectivity index (χ0) is 10.5. The average molecular weight is 221 g/mol. The lowest BCUT2D eigenvalue weighted by Crippen LogP contribution is -2.18. The molecule has 1 aromatic heterocycles. The predicted octanol–water partition coefficient (Wildman–Crippen LogP) is 2.00. The first-order valence-corrected chi connectivity index (χ1v) is 5.52. The van der Waals surface area contributed by atoms with Crippen LogP contribution in [0, 0.1) is 0 Å². The topological polar surface area (TPSA) is 66.9 Å². The van der Waals surface area contributed by atoms with Crippen molar-refractivity contribution in [3.63, 3.8) is 0 Å². The molecule has 0 saturated carbocycles. The summed E-state index contributed by atoms with van der Waals surface area (Å²) in [5.41, 5.74) is 0.749. The minimum absolute atomic E-state index is 0.282. The maximum Gasteiger partial charge on any atom is 0.366 e. The summed E-state index contributed by atoms with van der Waals surface area (Å²) in [7, 11) is -0.615. The van der Waals surface area contributed by atoms with Gasteiger partial charge in [-0.05, 0) is 12.1 Å². The van der Waals surface area contributed by atoms with Crippen LogP contribution in [0.2, 0.25) is 0 Å². The minimum Gasteiger partial charge on any atom is -0.304 e. The Hall–Kier alpha value is -1.95. The highest BCUT2D eigenvalue weighted by atomic mass is 32.2. The molecule has 0 spiro atoms. The van der Waals surface area contributed by atoms with Crippen LogP contribution in [0.15, 0.2) is 41.9 Å². The minimum atomic E-state index is -0.615. The lowest BCUT2D eigenvalue weighted by molar-refractivity contribution is 0.263. The van der Waals surface area contributed by atoms with E-state index in [0.29, 0.717) is 0 Å². The highest BCUT2D eigenvalue weighted by molar-refractivity contribution is 7.27. The van der Waals surface area contributed by atoms with Gasteiger partial charge in [0, 0.05) is 5.69 Å². The molecule has 0 saturated heterocycles. The van der Waals surface area contributed by atoms with E-state index in [9.17, 15) is 4.79 Å². The van der Waals surface area contributed by atoms with Crippen LogP contribution in [0.3, 0.4) is 0 Å². The number of aromatic nitrogens is 2. The Morgan fingerprint density at radius 1 is 1.27 bits per heavy atom. The van der Waals surface area contributed by atoms with Crippen molar-refractivity contribution in [1.82, 2.24) is 9.59 Å². The SMILES string of the molecule is O=C(Nc1ccccc1)N[s+]1ccnn1. The molecule has 6 heteroatoms. The molecule has 5 nitrogen and oxygen atoms in total. The van der Waals surface area contributed by atoms with Crippen LogP contribution in [0.5, 0.6) is 0 Å². The Bertz CT molecular complexity index is 429. The van der Waals surface area contributed by atoms with E-state index in [1.54, 1.807) is 11.6 Å². The Morgan fingerprint density at radius 3 is 2.73 bits per heavy atom. The summed E-state index contributed by atoms with van der Waals surface area (Å²) in [4.78, 5) is 11.4. The van der Waals surface area contributed by atoms with Gasteiger partial charge in [0.25, 0.3) is 0 Å². The third-order valence-corrected chi connectivity index (χ3v) is 2.66. The molecule has 2 aromatic rings. The number of nitrogens with one attached hydrogen (secondary N) is 2. The fourth-order valence-electron chi connectivity index (χ4n) is 1.02. The molecule has 0 aliphatic rings. The quantitative estimate of drug-likeness (QED) is 0.762. The van der Waals surface area contributed by atoms with E-state index in [4.69, 9.17) is 0 Å². The molecule has 0 bridgehead atoms. The Labute approximate surface area is 89.4 Å². The molecule has 0 fully saturated rings. The number of carbonyl (C=O) groups excluding carboxylic acids is 1. The van der Waals surface area contributed by atoms with Crippen molar-refractivity contribution in [1.29, 1.82) is 0 Å². The van der Waals surface area contributed by atoms with Gasteiger partial charge in [-0.3, -0.25) is 0 Å². The number of benzene rings is 1. The van der Waals surface area contributed by atoms with E-state index in [1.165, 1.54) is 0 Å². The van der Waals surface area contributed by atoms with Crippen LogP contribution in [-0.2, 0) is 0 Å². The molecular formula is C9H9N4OS+. The van der Waals surface area contributed by atoms with E-state index in [0.717, 1.165) is 5.69 Å². The van der Waals surface area contributed by atoms with Crippen molar-refractivity contribution in [2.45, 2.75) is 0 Å². The van der Waals surface area contributed by atoms with Crippen molar-refractivity contribution in [3.05, 3.63) is 41.9 Å². The molecule has 1 heterocycles. The van der Waals surface area contributed by atoms with E-state index in [1.807, 2.05) is 30.3 Å². The summed E-state index contributed by atoms with van der Waals surface area (Å²) in [6, 6.07) is 8.94. The van der Waals surface area contributed by atoms with E-state index >= 15 is 0 Å². The molecule has 1 atom stereocenters. The van der Waals surface area contributed by atoms with Crippen LogP contribution in [-0.4, -0.2) is 15.6 Å². The van der Waals surface area contributed by atoms with Crippen LogP contribution in [0.1, 0.15) is 0 Å². The molecule has 76 valence electrons. The molecular weight excluding hydrogens is 212 g/mol. The molecule has 1 aromatic carbocycles. The molecule has 1 unspecified atom stereocenters. The number of anilines is 1. The third-order valence-electron chi connectivity index (χ3n) is 1.62. The monoisotopic (exact) mass is 221 g/mol. The van der Waals surface area contributed by atoms with Gasteiger partial charge < -0.3 is 5.32 Å². The van der Waals surface area contributed by atoms with Gasteiger partial charge >= 0.3 is 6.03 Å². The van der Waals surface area contributed by atoms with Crippen molar-refractivity contribution in [3.8, 4) is 0 Å². The number of carbonyl (C=O) groups is 1. The summed E-state index contributed by atoms with van der Waals surface area (Å²) in [5.74, 6) is 0. The molecule has 15 heavy (non-hydrogen) atoms. The molecule has 0 aliphatic heterocycles. The third kappa shape index (κ3) is 2.75. The lowest BCUT2D eigenvalue weighted by Gasteiger charge is -2.00. The van der Waals surface area contributed by atoms with Gasteiger partial charge in [0.15, 0.2) is 0 Å².